The van der Waals surface area contributed by atoms with Crippen molar-refractivity contribution in [2.24, 2.45) is 5.92 Å². The maximum atomic E-state index is 12.7. The van der Waals surface area contributed by atoms with Crippen molar-refractivity contribution >= 4 is 17.1 Å². The highest BCUT2D eigenvalue weighted by Gasteiger charge is 2.38. The van der Waals surface area contributed by atoms with Gasteiger partial charge >= 0.3 is 6.09 Å². The predicted molar refractivity (Wildman–Crippen MR) is 132 cm³/mol. The number of amides is 1. The number of aliphatic hydroxyl groups excluding tert-OH is 1. The van der Waals surface area contributed by atoms with E-state index in [0.29, 0.717) is 24.4 Å². The molecule has 1 aromatic carbocycles. The highest BCUT2D eigenvalue weighted by atomic mass is 16.6. The topological polar surface area (TPSA) is 93.4 Å². The Morgan fingerprint density at radius 2 is 2.00 bits per heavy atom. The van der Waals surface area contributed by atoms with Crippen LogP contribution in [0.2, 0.25) is 0 Å². The molecule has 0 radical (unpaired) electrons. The zero-order chi connectivity index (χ0) is 24.3. The van der Waals surface area contributed by atoms with Crippen LogP contribution in [0, 0.1) is 5.92 Å². The highest BCUT2D eigenvalue weighted by Crippen LogP contribution is 2.46. The lowest BCUT2D eigenvalue weighted by atomic mass is 9.81. The van der Waals surface area contributed by atoms with Crippen LogP contribution >= 0.6 is 0 Å². The Morgan fingerprint density at radius 1 is 1.20 bits per heavy atom. The predicted octanol–water partition coefficient (Wildman–Crippen LogP) is 5.00. The molecule has 1 unspecified atom stereocenters. The second kappa shape index (κ2) is 8.29. The molecule has 2 aromatic heterocycles. The third-order valence-corrected chi connectivity index (χ3v) is 7.45. The van der Waals surface area contributed by atoms with Crippen LogP contribution in [-0.4, -0.2) is 54.6 Å². The zero-order valence-corrected chi connectivity index (χ0v) is 20.6. The number of aliphatic hydroxyl groups is 1. The number of fused-ring (bicyclic) bond motifs is 1. The Kier molecular flexibility index (Phi) is 5.32. The van der Waals surface area contributed by atoms with E-state index in [9.17, 15) is 9.90 Å². The van der Waals surface area contributed by atoms with Crippen LogP contribution in [0.5, 0.6) is 0 Å². The van der Waals surface area contributed by atoms with Gasteiger partial charge in [-0.15, -0.1) is 0 Å². The minimum atomic E-state index is -0.521. The van der Waals surface area contributed by atoms with Crippen molar-refractivity contribution in [1.29, 1.82) is 0 Å². The van der Waals surface area contributed by atoms with Crippen molar-refractivity contribution in [3.63, 3.8) is 0 Å². The largest absolute Gasteiger partial charge is 0.444 e. The molecule has 1 amide bonds. The molecule has 2 aliphatic carbocycles. The lowest BCUT2D eigenvalue weighted by molar-refractivity contribution is -0.00550. The molecule has 2 saturated carbocycles. The molecule has 1 N–H and O–H groups in total. The second-order valence-electron chi connectivity index (χ2n) is 11.3. The van der Waals surface area contributed by atoms with Gasteiger partial charge in [0.05, 0.1) is 40.7 Å². The van der Waals surface area contributed by atoms with Crippen molar-refractivity contribution in [3.05, 3.63) is 41.9 Å². The number of rotatable bonds is 5. The van der Waals surface area contributed by atoms with Gasteiger partial charge in [-0.1, -0.05) is 12.1 Å². The molecule has 8 nitrogen and oxygen atoms in total. The van der Waals surface area contributed by atoms with E-state index in [4.69, 9.17) is 19.8 Å². The Hall–Kier alpha value is -3.00. The van der Waals surface area contributed by atoms with Gasteiger partial charge in [0, 0.05) is 36.4 Å². The van der Waals surface area contributed by atoms with Crippen LogP contribution in [0.25, 0.3) is 22.3 Å². The Morgan fingerprint density at radius 3 is 2.66 bits per heavy atom. The normalized spacial score (nSPS) is 24.2. The monoisotopic (exact) mass is 475 g/mol. The zero-order valence-electron chi connectivity index (χ0n) is 20.6. The lowest BCUT2D eigenvalue weighted by Gasteiger charge is -2.41. The van der Waals surface area contributed by atoms with Gasteiger partial charge in [0.2, 0.25) is 0 Å². The van der Waals surface area contributed by atoms with Crippen LogP contribution in [0.4, 0.5) is 4.79 Å². The number of aromatic nitrogens is 4. The lowest BCUT2D eigenvalue weighted by Crippen LogP contribution is -2.47. The number of hydrogen-bond acceptors (Lipinski definition) is 6. The van der Waals surface area contributed by atoms with Crippen molar-refractivity contribution < 1.29 is 14.6 Å². The number of para-hydroxylation sites is 1. The van der Waals surface area contributed by atoms with Gasteiger partial charge in [-0.3, -0.25) is 9.67 Å². The maximum absolute atomic E-state index is 12.7. The minimum Gasteiger partial charge on any atom is -0.444 e. The highest BCUT2D eigenvalue weighted by molar-refractivity contribution is 5.82. The summed E-state index contributed by atoms with van der Waals surface area (Å²) < 4.78 is 7.69. The van der Waals surface area contributed by atoms with Crippen molar-refractivity contribution in [2.75, 3.05) is 13.2 Å². The van der Waals surface area contributed by atoms with Crippen LogP contribution < -0.4 is 0 Å². The van der Waals surface area contributed by atoms with E-state index < -0.39 is 5.60 Å². The molecule has 3 aliphatic rings. The van der Waals surface area contributed by atoms with E-state index in [1.54, 1.807) is 4.90 Å². The van der Waals surface area contributed by atoms with Crippen LogP contribution in [-0.2, 0) is 4.74 Å². The Bertz CT molecular complexity index is 1270. The molecule has 1 saturated heterocycles. The SMILES string of the molecule is CC(C)(C)OC(=O)N1CCC1c1cccc2nc(-c3cn(C4CC(CO)C4)nc3C3CC3)cnc12. The van der Waals surface area contributed by atoms with Crippen LogP contribution in [0.1, 0.15) is 82.1 Å². The average molecular weight is 476 g/mol. The van der Waals surface area contributed by atoms with Gasteiger partial charge in [-0.2, -0.15) is 5.10 Å². The first kappa shape index (κ1) is 22.5. The molecule has 8 heteroatoms. The van der Waals surface area contributed by atoms with E-state index in [2.05, 4.69) is 10.9 Å². The molecule has 3 aromatic rings. The fourth-order valence-electron chi connectivity index (χ4n) is 5.23. The summed E-state index contributed by atoms with van der Waals surface area (Å²) in [5.41, 5.74) is 5.19. The molecular weight excluding hydrogens is 442 g/mol. The Labute approximate surface area is 205 Å². The number of carbonyl (C=O) groups excluding carboxylic acids is 1. The summed E-state index contributed by atoms with van der Waals surface area (Å²) in [6.45, 7) is 6.60. The van der Waals surface area contributed by atoms with Gasteiger partial charge in [-0.05, 0) is 64.9 Å². The first-order chi connectivity index (χ1) is 16.8. The fraction of sp³-hybridized carbons (Fsp3) is 0.556. The quantitative estimate of drug-likeness (QED) is 0.558. The van der Waals surface area contributed by atoms with Gasteiger partial charge in [0.15, 0.2) is 0 Å². The van der Waals surface area contributed by atoms with Crippen molar-refractivity contribution in [1.82, 2.24) is 24.6 Å². The summed E-state index contributed by atoms with van der Waals surface area (Å²) in [5.74, 6) is 0.892. The molecule has 3 fully saturated rings. The summed E-state index contributed by atoms with van der Waals surface area (Å²) in [6.07, 6.45) is 8.87. The fourth-order valence-corrected chi connectivity index (χ4v) is 5.23. The molecule has 35 heavy (non-hydrogen) atoms. The van der Waals surface area contributed by atoms with Crippen LogP contribution in [0.3, 0.4) is 0 Å². The number of hydrogen-bond donors (Lipinski definition) is 1. The van der Waals surface area contributed by atoms with Gasteiger partial charge < -0.3 is 14.7 Å². The molecule has 0 bridgehead atoms. The molecule has 3 heterocycles. The van der Waals surface area contributed by atoms with Gasteiger partial charge in [0.1, 0.15) is 5.60 Å². The van der Waals surface area contributed by atoms with Gasteiger partial charge in [-0.25, -0.2) is 9.78 Å². The first-order valence-electron chi connectivity index (χ1n) is 12.8. The number of likely N-dealkylation sites (tertiary alicyclic amines) is 1. The third-order valence-electron chi connectivity index (χ3n) is 7.45. The summed E-state index contributed by atoms with van der Waals surface area (Å²) >= 11 is 0. The van der Waals surface area contributed by atoms with Gasteiger partial charge in [0.25, 0.3) is 0 Å². The molecule has 1 aliphatic heterocycles. The van der Waals surface area contributed by atoms with E-state index in [0.717, 1.165) is 52.8 Å². The number of carbonyl (C=O) groups is 1. The standard InChI is InChI=1S/C27H33N5O3/c1-27(2,3)35-26(34)31-10-9-23(31)19-5-4-6-21-25(19)28-13-22(29-21)20-14-32(18-11-16(12-18)15-33)30-24(20)17-7-8-17/h4-6,13-14,16-18,23,33H,7-12,15H2,1-3H3. The second-order valence-corrected chi connectivity index (χ2v) is 11.3. The molecule has 0 spiro atoms. The van der Waals surface area contributed by atoms with E-state index >= 15 is 0 Å². The van der Waals surface area contributed by atoms with Crippen LogP contribution in [0.15, 0.2) is 30.6 Å². The molecule has 184 valence electrons. The van der Waals surface area contributed by atoms with Crippen molar-refractivity contribution in [3.8, 4) is 11.3 Å². The summed E-state index contributed by atoms with van der Waals surface area (Å²) in [7, 11) is 0. The number of nitrogens with zero attached hydrogens (tertiary/aromatic N) is 5. The summed E-state index contributed by atoms with van der Waals surface area (Å²) in [5, 5.41) is 14.3. The summed E-state index contributed by atoms with van der Waals surface area (Å²) in [6, 6.07) is 6.34. The molecule has 1 atom stereocenters. The van der Waals surface area contributed by atoms with E-state index in [1.165, 1.54) is 12.8 Å². The smallest absolute Gasteiger partial charge is 0.410 e. The van der Waals surface area contributed by atoms with Crippen molar-refractivity contribution in [2.45, 2.75) is 76.5 Å². The summed E-state index contributed by atoms with van der Waals surface area (Å²) in [4.78, 5) is 24.3. The third kappa shape index (κ3) is 4.18. The van der Waals surface area contributed by atoms with E-state index in [1.807, 2.05) is 45.2 Å². The maximum Gasteiger partial charge on any atom is 0.410 e. The van der Waals surface area contributed by atoms with E-state index in [-0.39, 0.29) is 18.7 Å². The number of benzene rings is 1. The minimum absolute atomic E-state index is 0.0448. The first-order valence-corrected chi connectivity index (χ1v) is 12.8. The molecule has 6 rings (SSSR count). The Balaban J connectivity index is 1.30. The molecular formula is C27H33N5O3. The average Bonchev–Trinajstić information content (AvgIpc) is 3.50. The number of ether oxygens (including phenoxy) is 1.